The van der Waals surface area contributed by atoms with Gasteiger partial charge in [0.15, 0.2) is 0 Å². The third kappa shape index (κ3) is 2.18. The van der Waals surface area contributed by atoms with Gasteiger partial charge >= 0.3 is 5.51 Å². The fraction of sp³-hybridized carbons (Fsp3) is 0.364. The van der Waals surface area contributed by atoms with Crippen LogP contribution in [0.25, 0.3) is 0 Å². The summed E-state index contributed by atoms with van der Waals surface area (Å²) in [6.07, 6.45) is 4.07. The van der Waals surface area contributed by atoms with Gasteiger partial charge in [0.2, 0.25) is 0 Å². The lowest BCUT2D eigenvalue weighted by atomic mass is 9.92. The molecule has 2 nitrogen and oxygen atoms in total. The SMILES string of the molecule is O=S(=O)(c1ccc2c(c1)CC[CH]C2)C(F)(F)F. The van der Waals surface area contributed by atoms with Crippen molar-refractivity contribution in [3.63, 3.8) is 0 Å². The number of halogens is 3. The molecule has 1 aliphatic rings. The lowest BCUT2D eigenvalue weighted by Gasteiger charge is -2.16. The van der Waals surface area contributed by atoms with E-state index in [4.69, 9.17) is 0 Å². The van der Waals surface area contributed by atoms with Gasteiger partial charge in [-0.25, -0.2) is 8.42 Å². The molecule has 1 aliphatic carbocycles. The summed E-state index contributed by atoms with van der Waals surface area (Å²) in [5, 5.41) is 0. The van der Waals surface area contributed by atoms with Gasteiger partial charge < -0.3 is 0 Å². The Hall–Kier alpha value is -1.04. The van der Waals surface area contributed by atoms with E-state index in [9.17, 15) is 21.6 Å². The fourth-order valence-electron chi connectivity index (χ4n) is 1.85. The molecule has 1 radical (unpaired) electrons. The minimum Gasteiger partial charge on any atom is -0.214 e. The average molecular weight is 263 g/mol. The van der Waals surface area contributed by atoms with Gasteiger partial charge in [0, 0.05) is 0 Å². The number of fused-ring (bicyclic) bond motifs is 1. The largest absolute Gasteiger partial charge is 0.501 e. The van der Waals surface area contributed by atoms with Crippen molar-refractivity contribution in [2.45, 2.75) is 29.7 Å². The predicted octanol–water partition coefficient (Wildman–Crippen LogP) is 2.67. The van der Waals surface area contributed by atoms with Crippen LogP contribution in [0.4, 0.5) is 13.2 Å². The molecule has 0 saturated carbocycles. The first-order valence-corrected chi connectivity index (χ1v) is 6.55. The lowest BCUT2D eigenvalue weighted by molar-refractivity contribution is -0.0436. The van der Waals surface area contributed by atoms with E-state index >= 15 is 0 Å². The first-order chi connectivity index (χ1) is 7.82. The zero-order chi connectivity index (χ0) is 12.7. The van der Waals surface area contributed by atoms with E-state index in [-0.39, 0.29) is 0 Å². The zero-order valence-corrected chi connectivity index (χ0v) is 9.61. The van der Waals surface area contributed by atoms with E-state index in [1.165, 1.54) is 6.07 Å². The summed E-state index contributed by atoms with van der Waals surface area (Å²) in [7, 11) is -5.22. The molecule has 0 bridgehead atoms. The summed E-state index contributed by atoms with van der Waals surface area (Å²) in [4.78, 5) is -0.661. The molecule has 0 saturated heterocycles. The highest BCUT2D eigenvalue weighted by atomic mass is 32.2. The molecule has 1 aromatic carbocycles. The van der Waals surface area contributed by atoms with E-state index in [0.29, 0.717) is 18.4 Å². The van der Waals surface area contributed by atoms with Gasteiger partial charge in [-0.05, 0) is 48.9 Å². The van der Waals surface area contributed by atoms with Crippen LogP contribution in [-0.4, -0.2) is 13.9 Å². The van der Waals surface area contributed by atoms with Crippen molar-refractivity contribution in [3.05, 3.63) is 35.7 Å². The maximum absolute atomic E-state index is 12.4. The molecule has 2 rings (SSSR count). The monoisotopic (exact) mass is 263 g/mol. The van der Waals surface area contributed by atoms with Gasteiger partial charge in [0.05, 0.1) is 4.90 Å². The molecule has 0 unspecified atom stereocenters. The smallest absolute Gasteiger partial charge is 0.214 e. The second-order valence-corrected chi connectivity index (χ2v) is 5.85. The zero-order valence-electron chi connectivity index (χ0n) is 8.79. The van der Waals surface area contributed by atoms with E-state index in [1.807, 2.05) is 6.42 Å². The molecular formula is C11H10F3O2S. The van der Waals surface area contributed by atoms with Gasteiger partial charge in [-0.1, -0.05) is 6.07 Å². The average Bonchev–Trinajstić information content (AvgIpc) is 2.27. The molecule has 0 spiro atoms. The van der Waals surface area contributed by atoms with Crippen molar-refractivity contribution in [1.82, 2.24) is 0 Å². The molecular weight excluding hydrogens is 253 g/mol. The Balaban J connectivity index is 2.48. The van der Waals surface area contributed by atoms with Crippen LogP contribution in [0.1, 0.15) is 17.5 Å². The summed E-state index contributed by atoms with van der Waals surface area (Å²) in [5.74, 6) is 0. The molecule has 0 N–H and O–H groups in total. The second kappa shape index (κ2) is 4.01. The Morgan fingerprint density at radius 1 is 1.12 bits per heavy atom. The van der Waals surface area contributed by atoms with Crippen LogP contribution < -0.4 is 0 Å². The number of hydrogen-bond donors (Lipinski definition) is 0. The molecule has 0 fully saturated rings. The van der Waals surface area contributed by atoms with Crippen LogP contribution in [0.3, 0.4) is 0 Å². The van der Waals surface area contributed by atoms with E-state index in [1.54, 1.807) is 0 Å². The number of hydrogen-bond acceptors (Lipinski definition) is 2. The highest BCUT2D eigenvalue weighted by Gasteiger charge is 2.46. The summed E-state index contributed by atoms with van der Waals surface area (Å²) in [6, 6.07) is 3.63. The third-order valence-electron chi connectivity index (χ3n) is 2.77. The maximum atomic E-state index is 12.4. The second-order valence-electron chi connectivity index (χ2n) is 3.91. The highest BCUT2D eigenvalue weighted by Crippen LogP contribution is 2.32. The van der Waals surface area contributed by atoms with Crippen LogP contribution in [0.15, 0.2) is 23.1 Å². The minimum atomic E-state index is -5.23. The van der Waals surface area contributed by atoms with Crippen molar-refractivity contribution in [2.24, 2.45) is 0 Å². The van der Waals surface area contributed by atoms with Crippen LogP contribution >= 0.6 is 0 Å². The van der Waals surface area contributed by atoms with E-state index in [2.05, 4.69) is 0 Å². The summed E-state index contributed by atoms with van der Waals surface area (Å²) in [5.41, 5.74) is -3.64. The number of alkyl halides is 3. The fourth-order valence-corrected chi connectivity index (χ4v) is 2.66. The third-order valence-corrected chi connectivity index (χ3v) is 4.26. The Bertz CT molecular complexity index is 532. The lowest BCUT2D eigenvalue weighted by Crippen LogP contribution is -2.23. The standard InChI is InChI=1S/C11H10F3O2S/c12-11(13,14)17(15,16)10-6-5-8-3-1-2-4-9(8)7-10/h1,5-7H,2-4H2. The Morgan fingerprint density at radius 3 is 2.47 bits per heavy atom. The van der Waals surface area contributed by atoms with Crippen LogP contribution in [-0.2, 0) is 22.7 Å². The van der Waals surface area contributed by atoms with Crippen molar-refractivity contribution in [1.29, 1.82) is 0 Å². The molecule has 6 heteroatoms. The molecule has 1 aromatic rings. The summed E-state index contributed by atoms with van der Waals surface area (Å²) >= 11 is 0. The van der Waals surface area contributed by atoms with Crippen LogP contribution in [0.2, 0.25) is 0 Å². The molecule has 0 heterocycles. The molecule has 17 heavy (non-hydrogen) atoms. The molecule has 0 atom stereocenters. The van der Waals surface area contributed by atoms with Gasteiger partial charge in [0.1, 0.15) is 0 Å². The normalized spacial score (nSPS) is 16.6. The quantitative estimate of drug-likeness (QED) is 0.780. The molecule has 93 valence electrons. The number of aryl methyl sites for hydroxylation is 1. The summed E-state index contributed by atoms with van der Waals surface area (Å²) in [6.45, 7) is 0. The van der Waals surface area contributed by atoms with Crippen LogP contribution in [0, 0.1) is 6.42 Å². The van der Waals surface area contributed by atoms with Crippen molar-refractivity contribution < 1.29 is 21.6 Å². The first kappa shape index (κ1) is 12.4. The Labute approximate surface area is 97.4 Å². The van der Waals surface area contributed by atoms with E-state index < -0.39 is 20.2 Å². The van der Waals surface area contributed by atoms with Crippen LogP contribution in [0.5, 0.6) is 0 Å². The van der Waals surface area contributed by atoms with E-state index in [0.717, 1.165) is 24.1 Å². The van der Waals surface area contributed by atoms with Gasteiger partial charge in [-0.2, -0.15) is 13.2 Å². The Kier molecular flexibility index (Phi) is 2.93. The van der Waals surface area contributed by atoms with Gasteiger partial charge in [-0.3, -0.25) is 0 Å². The number of benzene rings is 1. The Morgan fingerprint density at radius 2 is 1.82 bits per heavy atom. The molecule has 0 amide bonds. The number of sulfone groups is 1. The maximum Gasteiger partial charge on any atom is 0.501 e. The van der Waals surface area contributed by atoms with Gasteiger partial charge in [-0.15, -0.1) is 0 Å². The predicted molar refractivity (Wildman–Crippen MR) is 56.0 cm³/mol. The van der Waals surface area contributed by atoms with Gasteiger partial charge in [0.25, 0.3) is 9.84 Å². The number of rotatable bonds is 1. The molecule has 0 aromatic heterocycles. The van der Waals surface area contributed by atoms with Crippen molar-refractivity contribution in [2.75, 3.05) is 0 Å². The minimum absolute atomic E-state index is 0.594. The van der Waals surface area contributed by atoms with Crippen molar-refractivity contribution >= 4 is 9.84 Å². The topological polar surface area (TPSA) is 34.1 Å². The summed E-state index contributed by atoms with van der Waals surface area (Å²) < 4.78 is 59.5. The first-order valence-electron chi connectivity index (χ1n) is 5.07. The highest BCUT2D eigenvalue weighted by molar-refractivity contribution is 7.92. The molecule has 0 aliphatic heterocycles. The van der Waals surface area contributed by atoms with Crippen molar-refractivity contribution in [3.8, 4) is 0 Å².